The molecule has 0 saturated carbocycles. The zero-order valence-corrected chi connectivity index (χ0v) is 11.7. The van der Waals surface area contributed by atoms with Crippen molar-refractivity contribution in [2.45, 2.75) is 19.5 Å². The summed E-state index contributed by atoms with van der Waals surface area (Å²) in [6, 6.07) is 9.17. The Morgan fingerprint density at radius 3 is 1.91 bits per heavy atom. The molecule has 2 aromatic carbocycles. The SMILES string of the molecule is CCc1ccc(-c2cc(F)c(/C=C/C(F)(F)F)c(F)c2)cc1. The Balaban J connectivity index is 2.38. The highest BCUT2D eigenvalue weighted by atomic mass is 19.4. The van der Waals surface area contributed by atoms with E-state index >= 15 is 0 Å². The summed E-state index contributed by atoms with van der Waals surface area (Å²) in [6.07, 6.45) is -3.57. The minimum atomic E-state index is -4.62. The molecule has 0 amide bonds. The van der Waals surface area contributed by atoms with E-state index in [1.807, 2.05) is 19.1 Å². The van der Waals surface area contributed by atoms with Gasteiger partial charge in [-0.25, -0.2) is 8.78 Å². The van der Waals surface area contributed by atoms with Crippen molar-refractivity contribution in [3.63, 3.8) is 0 Å². The van der Waals surface area contributed by atoms with Gasteiger partial charge >= 0.3 is 6.18 Å². The Hall–Kier alpha value is -2.17. The molecule has 2 aromatic rings. The predicted molar refractivity (Wildman–Crippen MR) is 76.3 cm³/mol. The van der Waals surface area contributed by atoms with Crippen molar-refractivity contribution in [3.05, 3.63) is 65.2 Å². The second-order valence-corrected chi connectivity index (χ2v) is 4.78. The molecule has 0 unspecified atom stereocenters. The third-order valence-electron chi connectivity index (χ3n) is 3.21. The number of halogens is 5. The Kier molecular flexibility index (Phi) is 4.64. The standard InChI is InChI=1S/C17H13F5/c1-2-11-3-5-12(6-4-11)13-9-15(18)14(16(19)10-13)7-8-17(20,21)22/h3-10H,2H2,1H3/b8-7+. The Labute approximate surface area is 124 Å². The Morgan fingerprint density at radius 1 is 0.909 bits per heavy atom. The summed E-state index contributed by atoms with van der Waals surface area (Å²) in [4.78, 5) is 0. The first kappa shape index (κ1) is 16.2. The molecule has 0 spiro atoms. The molecule has 0 radical (unpaired) electrons. The van der Waals surface area contributed by atoms with E-state index in [-0.39, 0.29) is 11.6 Å². The lowest BCUT2D eigenvalue weighted by atomic mass is 10.0. The second-order valence-electron chi connectivity index (χ2n) is 4.78. The number of hydrogen-bond acceptors (Lipinski definition) is 0. The summed E-state index contributed by atoms with van der Waals surface area (Å²) < 4.78 is 64.0. The van der Waals surface area contributed by atoms with Gasteiger partial charge in [0.15, 0.2) is 0 Å². The lowest BCUT2D eigenvalue weighted by Gasteiger charge is -2.07. The first-order valence-electron chi connectivity index (χ1n) is 6.64. The van der Waals surface area contributed by atoms with Gasteiger partial charge in [-0.2, -0.15) is 13.2 Å². The van der Waals surface area contributed by atoms with Crippen molar-refractivity contribution in [2.75, 3.05) is 0 Å². The minimum Gasteiger partial charge on any atom is -0.206 e. The van der Waals surface area contributed by atoms with E-state index < -0.39 is 23.4 Å². The van der Waals surface area contributed by atoms with Crippen LogP contribution in [0.3, 0.4) is 0 Å². The fourth-order valence-corrected chi connectivity index (χ4v) is 2.02. The van der Waals surface area contributed by atoms with Crippen LogP contribution in [0.2, 0.25) is 0 Å². The van der Waals surface area contributed by atoms with Gasteiger partial charge in [0.25, 0.3) is 0 Å². The molecule has 0 aliphatic rings. The molecule has 0 nitrogen and oxygen atoms in total. The van der Waals surface area contributed by atoms with Crippen molar-refractivity contribution in [1.82, 2.24) is 0 Å². The van der Waals surface area contributed by atoms with Gasteiger partial charge in [0, 0.05) is 11.6 Å². The molecular formula is C17H13F5. The summed E-state index contributed by atoms with van der Waals surface area (Å²) in [5, 5.41) is 0. The Bertz CT molecular complexity index is 658. The number of allylic oxidation sites excluding steroid dienone is 1. The van der Waals surface area contributed by atoms with Crippen LogP contribution in [-0.2, 0) is 6.42 Å². The van der Waals surface area contributed by atoms with E-state index in [2.05, 4.69) is 0 Å². The highest BCUT2D eigenvalue weighted by Gasteiger charge is 2.22. The maximum Gasteiger partial charge on any atom is 0.409 e. The van der Waals surface area contributed by atoms with Crippen molar-refractivity contribution < 1.29 is 22.0 Å². The van der Waals surface area contributed by atoms with Gasteiger partial charge in [0.1, 0.15) is 11.6 Å². The smallest absolute Gasteiger partial charge is 0.206 e. The molecule has 116 valence electrons. The van der Waals surface area contributed by atoms with Crippen molar-refractivity contribution in [1.29, 1.82) is 0 Å². The molecule has 0 heterocycles. The van der Waals surface area contributed by atoms with Crippen LogP contribution < -0.4 is 0 Å². The van der Waals surface area contributed by atoms with Crippen molar-refractivity contribution in [3.8, 4) is 11.1 Å². The molecule has 0 atom stereocenters. The highest BCUT2D eigenvalue weighted by molar-refractivity contribution is 5.66. The quantitative estimate of drug-likeness (QED) is 0.631. The number of rotatable bonds is 3. The van der Waals surface area contributed by atoms with E-state index in [0.717, 1.165) is 24.1 Å². The average molecular weight is 312 g/mol. The van der Waals surface area contributed by atoms with Crippen LogP contribution in [0.25, 0.3) is 17.2 Å². The average Bonchev–Trinajstić information content (AvgIpc) is 2.45. The first-order chi connectivity index (χ1) is 10.3. The van der Waals surface area contributed by atoms with Crippen LogP contribution in [0.4, 0.5) is 22.0 Å². The molecule has 0 fully saturated rings. The molecule has 0 aliphatic heterocycles. The fraction of sp³-hybridized carbons (Fsp3) is 0.176. The zero-order valence-electron chi connectivity index (χ0n) is 11.7. The fourth-order valence-electron chi connectivity index (χ4n) is 2.02. The van der Waals surface area contributed by atoms with Crippen LogP contribution >= 0.6 is 0 Å². The summed E-state index contributed by atoms with van der Waals surface area (Å²) in [6.45, 7) is 1.98. The number of alkyl halides is 3. The van der Waals surface area contributed by atoms with E-state index in [1.54, 1.807) is 12.1 Å². The molecule has 0 bridgehead atoms. The number of benzene rings is 2. The summed E-state index contributed by atoms with van der Waals surface area (Å²) in [5.41, 5.74) is 1.25. The van der Waals surface area contributed by atoms with Gasteiger partial charge in [0.2, 0.25) is 0 Å². The molecule has 22 heavy (non-hydrogen) atoms. The van der Waals surface area contributed by atoms with Gasteiger partial charge in [-0.3, -0.25) is 0 Å². The van der Waals surface area contributed by atoms with E-state index in [0.29, 0.717) is 11.6 Å². The summed E-state index contributed by atoms with van der Waals surface area (Å²) in [5.74, 6) is -2.06. The van der Waals surface area contributed by atoms with Crippen LogP contribution in [0.1, 0.15) is 18.1 Å². The maximum atomic E-state index is 13.9. The van der Waals surface area contributed by atoms with Crippen molar-refractivity contribution in [2.24, 2.45) is 0 Å². The molecule has 0 aromatic heterocycles. The number of hydrogen-bond donors (Lipinski definition) is 0. The van der Waals surface area contributed by atoms with E-state index in [9.17, 15) is 22.0 Å². The van der Waals surface area contributed by atoms with Gasteiger partial charge in [-0.1, -0.05) is 31.2 Å². The van der Waals surface area contributed by atoms with Gasteiger partial charge < -0.3 is 0 Å². The zero-order chi connectivity index (χ0) is 16.3. The van der Waals surface area contributed by atoms with Gasteiger partial charge in [-0.15, -0.1) is 0 Å². The third-order valence-corrected chi connectivity index (χ3v) is 3.21. The van der Waals surface area contributed by atoms with Crippen LogP contribution in [0, 0.1) is 11.6 Å². The topological polar surface area (TPSA) is 0 Å². The highest BCUT2D eigenvalue weighted by Crippen LogP contribution is 2.27. The molecule has 0 aliphatic carbocycles. The third kappa shape index (κ3) is 3.93. The van der Waals surface area contributed by atoms with E-state index in [4.69, 9.17) is 0 Å². The monoisotopic (exact) mass is 312 g/mol. The summed E-state index contributed by atoms with van der Waals surface area (Å²) in [7, 11) is 0. The molecule has 0 saturated heterocycles. The van der Waals surface area contributed by atoms with E-state index in [1.165, 1.54) is 0 Å². The van der Waals surface area contributed by atoms with Crippen LogP contribution in [0.5, 0.6) is 0 Å². The lowest BCUT2D eigenvalue weighted by Crippen LogP contribution is -2.01. The second kappa shape index (κ2) is 6.30. The van der Waals surface area contributed by atoms with Crippen LogP contribution in [0.15, 0.2) is 42.5 Å². The largest absolute Gasteiger partial charge is 0.409 e. The van der Waals surface area contributed by atoms with Crippen LogP contribution in [-0.4, -0.2) is 6.18 Å². The summed E-state index contributed by atoms with van der Waals surface area (Å²) >= 11 is 0. The maximum absolute atomic E-state index is 13.9. The molecule has 5 heteroatoms. The van der Waals surface area contributed by atoms with Gasteiger partial charge in [-0.05, 0) is 41.3 Å². The van der Waals surface area contributed by atoms with Gasteiger partial charge in [0.05, 0.1) is 0 Å². The first-order valence-corrected chi connectivity index (χ1v) is 6.64. The molecule has 2 rings (SSSR count). The molecular weight excluding hydrogens is 299 g/mol. The normalized spacial score (nSPS) is 12.1. The predicted octanol–water partition coefficient (Wildman–Crippen LogP) is 5.77. The number of aryl methyl sites for hydroxylation is 1. The Morgan fingerprint density at radius 2 is 1.45 bits per heavy atom. The minimum absolute atomic E-state index is 0.190. The molecule has 0 N–H and O–H groups in total. The lowest BCUT2D eigenvalue weighted by molar-refractivity contribution is -0.0790. The van der Waals surface area contributed by atoms with Crippen molar-refractivity contribution >= 4 is 6.08 Å².